The minimum atomic E-state index is -0.538. The maximum atomic E-state index is 12.1. The molecular formula is C18H18N6O2. The van der Waals surface area contributed by atoms with E-state index < -0.39 is 6.03 Å². The molecule has 0 bridgehead atoms. The fraction of sp³-hybridized carbons (Fsp3) is 0.167. The fourth-order valence-electron chi connectivity index (χ4n) is 2.57. The van der Waals surface area contributed by atoms with Crippen molar-refractivity contribution in [2.75, 3.05) is 24.3 Å². The topological polar surface area (TPSA) is 90.8 Å². The Hall–Kier alpha value is -3.55. The second kappa shape index (κ2) is 7.14. The molecule has 132 valence electrons. The molecule has 1 heterocycles. The van der Waals surface area contributed by atoms with Crippen molar-refractivity contribution in [3.63, 3.8) is 0 Å². The number of benzene rings is 2. The Morgan fingerprint density at radius 1 is 1.12 bits per heavy atom. The van der Waals surface area contributed by atoms with Crippen LogP contribution in [0, 0.1) is 11.8 Å². The molecule has 0 radical (unpaired) electrons. The number of carbonyl (C=O) groups is 1. The van der Waals surface area contributed by atoms with Crippen LogP contribution in [0.3, 0.4) is 0 Å². The SMILES string of the molecule is Cc1cccc(Nc2ncnc3ccc(N(C)C(=O)N(C)N=O)cc23)c1. The van der Waals surface area contributed by atoms with E-state index in [2.05, 4.69) is 20.6 Å². The van der Waals surface area contributed by atoms with Gasteiger partial charge < -0.3 is 5.32 Å². The molecule has 0 spiro atoms. The molecule has 0 atom stereocenters. The van der Waals surface area contributed by atoms with Gasteiger partial charge in [0.2, 0.25) is 0 Å². The standard InChI is InChI=1S/C18H18N6O2/c1-12-5-4-6-13(9-12)21-17-15-10-14(7-8-16(15)19-11-20-17)23(2)18(25)24(3)22-26/h4-11H,1-3H3,(H,19,20,21). The van der Waals surface area contributed by atoms with E-state index in [4.69, 9.17) is 0 Å². The third-order valence-electron chi connectivity index (χ3n) is 3.97. The van der Waals surface area contributed by atoms with Crippen molar-refractivity contribution in [3.8, 4) is 0 Å². The minimum Gasteiger partial charge on any atom is -0.340 e. The predicted octanol–water partition coefficient (Wildman–Crippen LogP) is 3.85. The van der Waals surface area contributed by atoms with Crippen molar-refractivity contribution in [3.05, 3.63) is 59.3 Å². The van der Waals surface area contributed by atoms with Gasteiger partial charge in [0.05, 0.1) is 10.8 Å². The molecule has 1 aromatic heterocycles. The summed E-state index contributed by atoms with van der Waals surface area (Å²) in [5, 5.41) is 7.41. The minimum absolute atomic E-state index is 0.538. The van der Waals surface area contributed by atoms with E-state index in [-0.39, 0.29) is 0 Å². The Morgan fingerprint density at radius 3 is 2.65 bits per heavy atom. The number of hydrogen-bond donors (Lipinski definition) is 1. The molecule has 3 rings (SSSR count). The number of nitrogens with one attached hydrogen (secondary N) is 1. The molecule has 0 aliphatic rings. The second-order valence-corrected chi connectivity index (χ2v) is 5.87. The Labute approximate surface area is 150 Å². The largest absolute Gasteiger partial charge is 0.346 e. The molecule has 0 unspecified atom stereocenters. The first kappa shape index (κ1) is 17.3. The molecule has 0 fully saturated rings. The number of rotatable bonds is 4. The number of urea groups is 1. The van der Waals surface area contributed by atoms with Crippen molar-refractivity contribution in [2.45, 2.75) is 6.92 Å². The van der Waals surface area contributed by atoms with Crippen molar-refractivity contribution < 1.29 is 4.79 Å². The quantitative estimate of drug-likeness (QED) is 0.570. The Bertz CT molecular complexity index is 975. The summed E-state index contributed by atoms with van der Waals surface area (Å²) in [4.78, 5) is 32.6. The number of nitrogens with zero attached hydrogens (tertiary/aromatic N) is 5. The maximum Gasteiger partial charge on any atom is 0.346 e. The van der Waals surface area contributed by atoms with Crippen LogP contribution in [0.2, 0.25) is 0 Å². The van der Waals surface area contributed by atoms with E-state index >= 15 is 0 Å². The van der Waals surface area contributed by atoms with E-state index in [1.165, 1.54) is 18.3 Å². The molecular weight excluding hydrogens is 332 g/mol. The first-order valence-electron chi connectivity index (χ1n) is 7.92. The highest BCUT2D eigenvalue weighted by molar-refractivity contribution is 5.97. The highest BCUT2D eigenvalue weighted by Crippen LogP contribution is 2.27. The average molecular weight is 350 g/mol. The zero-order chi connectivity index (χ0) is 18.7. The van der Waals surface area contributed by atoms with Crippen LogP contribution in [0.4, 0.5) is 22.0 Å². The lowest BCUT2D eigenvalue weighted by molar-refractivity contribution is 0.218. The van der Waals surface area contributed by atoms with Gasteiger partial charge in [-0.15, -0.1) is 4.91 Å². The molecule has 26 heavy (non-hydrogen) atoms. The van der Waals surface area contributed by atoms with Crippen LogP contribution in [0.25, 0.3) is 10.9 Å². The molecule has 2 aromatic carbocycles. The monoisotopic (exact) mass is 350 g/mol. The average Bonchev–Trinajstić information content (AvgIpc) is 2.66. The van der Waals surface area contributed by atoms with E-state index in [1.54, 1.807) is 25.2 Å². The third kappa shape index (κ3) is 3.44. The van der Waals surface area contributed by atoms with E-state index in [0.717, 1.165) is 27.2 Å². The van der Waals surface area contributed by atoms with E-state index in [0.29, 0.717) is 11.5 Å². The van der Waals surface area contributed by atoms with Crippen molar-refractivity contribution in [1.82, 2.24) is 15.0 Å². The Balaban J connectivity index is 2.00. The molecule has 0 aliphatic heterocycles. The van der Waals surface area contributed by atoms with Gasteiger partial charge in [0.25, 0.3) is 0 Å². The lowest BCUT2D eigenvalue weighted by Crippen LogP contribution is -2.35. The number of aromatic nitrogens is 2. The van der Waals surface area contributed by atoms with Crippen LogP contribution in [-0.2, 0) is 0 Å². The van der Waals surface area contributed by atoms with Gasteiger partial charge in [-0.1, -0.05) is 12.1 Å². The summed E-state index contributed by atoms with van der Waals surface area (Å²) in [6.45, 7) is 2.01. The van der Waals surface area contributed by atoms with Gasteiger partial charge in [-0.25, -0.2) is 14.8 Å². The predicted molar refractivity (Wildman–Crippen MR) is 101 cm³/mol. The summed E-state index contributed by atoms with van der Waals surface area (Å²) in [6, 6.07) is 12.7. The van der Waals surface area contributed by atoms with Crippen LogP contribution in [-0.4, -0.2) is 35.1 Å². The van der Waals surface area contributed by atoms with Crippen molar-refractivity contribution in [1.29, 1.82) is 0 Å². The highest BCUT2D eigenvalue weighted by Gasteiger charge is 2.17. The molecule has 0 saturated carbocycles. The number of amides is 2. The summed E-state index contributed by atoms with van der Waals surface area (Å²) >= 11 is 0. The van der Waals surface area contributed by atoms with Gasteiger partial charge in [0, 0.05) is 30.9 Å². The molecule has 2 amide bonds. The lowest BCUT2D eigenvalue weighted by atomic mass is 10.2. The van der Waals surface area contributed by atoms with E-state index in [1.807, 2.05) is 31.2 Å². The Kier molecular flexibility index (Phi) is 4.74. The van der Waals surface area contributed by atoms with Gasteiger partial charge in [-0.05, 0) is 42.8 Å². The van der Waals surface area contributed by atoms with Gasteiger partial charge in [0.1, 0.15) is 12.1 Å². The number of nitroso groups, excluding NO2 is 1. The zero-order valence-corrected chi connectivity index (χ0v) is 14.7. The molecule has 0 aliphatic carbocycles. The molecule has 1 N–H and O–H groups in total. The number of anilines is 3. The summed E-state index contributed by atoms with van der Waals surface area (Å²) in [5.74, 6) is 0.630. The van der Waals surface area contributed by atoms with Crippen LogP contribution < -0.4 is 10.2 Å². The molecule has 3 aromatic rings. The number of carbonyl (C=O) groups excluding carboxylic acids is 1. The highest BCUT2D eigenvalue weighted by atomic mass is 16.3. The summed E-state index contributed by atoms with van der Waals surface area (Å²) < 4.78 is 0. The Morgan fingerprint density at radius 2 is 1.92 bits per heavy atom. The van der Waals surface area contributed by atoms with Crippen molar-refractivity contribution in [2.24, 2.45) is 5.29 Å². The van der Waals surface area contributed by atoms with Crippen LogP contribution >= 0.6 is 0 Å². The van der Waals surface area contributed by atoms with E-state index in [9.17, 15) is 9.70 Å². The normalized spacial score (nSPS) is 10.4. The summed E-state index contributed by atoms with van der Waals surface area (Å²) in [7, 11) is 2.88. The zero-order valence-electron chi connectivity index (χ0n) is 14.7. The molecule has 0 saturated heterocycles. The molecule has 8 nitrogen and oxygen atoms in total. The second-order valence-electron chi connectivity index (χ2n) is 5.87. The van der Waals surface area contributed by atoms with Gasteiger partial charge in [-0.3, -0.25) is 4.90 Å². The van der Waals surface area contributed by atoms with Crippen LogP contribution in [0.1, 0.15) is 5.56 Å². The maximum absolute atomic E-state index is 12.1. The lowest BCUT2D eigenvalue weighted by Gasteiger charge is -2.20. The number of fused-ring (bicyclic) bond motifs is 1. The fourth-order valence-corrected chi connectivity index (χ4v) is 2.57. The number of aryl methyl sites for hydroxylation is 1. The number of hydrogen-bond acceptors (Lipinski definition) is 6. The van der Waals surface area contributed by atoms with Gasteiger partial charge >= 0.3 is 6.03 Å². The smallest absolute Gasteiger partial charge is 0.340 e. The van der Waals surface area contributed by atoms with Crippen LogP contribution in [0.15, 0.2) is 54.1 Å². The van der Waals surface area contributed by atoms with Gasteiger partial charge in [0.15, 0.2) is 0 Å². The summed E-state index contributed by atoms with van der Waals surface area (Å²) in [5.41, 5.74) is 3.37. The van der Waals surface area contributed by atoms with Crippen molar-refractivity contribution >= 4 is 34.1 Å². The van der Waals surface area contributed by atoms with Gasteiger partial charge in [-0.2, -0.15) is 5.01 Å². The first-order valence-corrected chi connectivity index (χ1v) is 7.92. The third-order valence-corrected chi connectivity index (χ3v) is 3.97. The molecule has 8 heteroatoms. The first-order chi connectivity index (χ1) is 12.5. The van der Waals surface area contributed by atoms with Crippen LogP contribution in [0.5, 0.6) is 0 Å². The summed E-state index contributed by atoms with van der Waals surface area (Å²) in [6.07, 6.45) is 1.49.